The fourth-order valence-corrected chi connectivity index (χ4v) is 4.57. The molecule has 0 aliphatic rings. The molecule has 0 unspecified atom stereocenters. The molecule has 4 aromatic rings. The van der Waals surface area contributed by atoms with Crippen LogP contribution in [0.1, 0.15) is 29.9 Å². The number of nitrogens with zero attached hydrogens (tertiary/aromatic N) is 3. The van der Waals surface area contributed by atoms with E-state index >= 15 is 0 Å². The maximum atomic E-state index is 12.5. The van der Waals surface area contributed by atoms with Crippen molar-refractivity contribution in [3.63, 3.8) is 0 Å². The van der Waals surface area contributed by atoms with Crippen molar-refractivity contribution in [2.45, 2.75) is 38.2 Å². The SMILES string of the molecule is C=CCn1c(COc2ccc3ccccc3c2C)nnc1SCC(=O)N[C@H](C)c1ccccc1. The van der Waals surface area contributed by atoms with Gasteiger partial charge in [-0.1, -0.05) is 78.5 Å². The summed E-state index contributed by atoms with van der Waals surface area (Å²) in [7, 11) is 0. The molecule has 7 heteroatoms. The number of amides is 1. The van der Waals surface area contributed by atoms with Gasteiger partial charge in [0.05, 0.1) is 11.8 Å². The number of aryl methyl sites for hydroxylation is 1. The molecule has 4 rings (SSSR count). The van der Waals surface area contributed by atoms with E-state index in [1.165, 1.54) is 22.5 Å². The molecule has 1 N–H and O–H groups in total. The molecule has 1 atom stereocenters. The summed E-state index contributed by atoms with van der Waals surface area (Å²) in [5, 5.41) is 14.7. The molecule has 1 aromatic heterocycles. The number of nitrogens with one attached hydrogen (secondary N) is 1. The number of carbonyl (C=O) groups is 1. The van der Waals surface area contributed by atoms with Crippen LogP contribution in [0.4, 0.5) is 0 Å². The van der Waals surface area contributed by atoms with Gasteiger partial charge in [0.2, 0.25) is 5.91 Å². The van der Waals surface area contributed by atoms with E-state index in [1.54, 1.807) is 6.08 Å². The third kappa shape index (κ3) is 5.48. The average molecular weight is 473 g/mol. The fraction of sp³-hybridized carbons (Fsp3) is 0.222. The van der Waals surface area contributed by atoms with Crippen LogP contribution in [-0.2, 0) is 17.9 Å². The summed E-state index contributed by atoms with van der Waals surface area (Å²) in [6.45, 7) is 8.69. The van der Waals surface area contributed by atoms with E-state index in [-0.39, 0.29) is 24.3 Å². The van der Waals surface area contributed by atoms with Gasteiger partial charge in [-0.3, -0.25) is 9.36 Å². The van der Waals surface area contributed by atoms with Crippen LogP contribution in [0.15, 0.2) is 84.5 Å². The van der Waals surface area contributed by atoms with Gasteiger partial charge in [0.15, 0.2) is 11.0 Å². The minimum Gasteiger partial charge on any atom is -0.485 e. The predicted octanol–water partition coefficient (Wildman–Crippen LogP) is 5.47. The van der Waals surface area contributed by atoms with Gasteiger partial charge in [0, 0.05) is 6.54 Å². The van der Waals surface area contributed by atoms with Gasteiger partial charge in [-0.05, 0) is 41.8 Å². The van der Waals surface area contributed by atoms with Crippen LogP contribution in [0.2, 0.25) is 0 Å². The number of benzene rings is 3. The molecule has 1 amide bonds. The quantitative estimate of drug-likeness (QED) is 0.245. The Morgan fingerprint density at radius 3 is 2.68 bits per heavy atom. The third-order valence-electron chi connectivity index (χ3n) is 5.62. The number of hydrogen-bond donors (Lipinski definition) is 1. The molecule has 0 saturated heterocycles. The Balaban J connectivity index is 1.40. The van der Waals surface area contributed by atoms with E-state index in [2.05, 4.69) is 47.2 Å². The first kappa shape index (κ1) is 23.6. The number of fused-ring (bicyclic) bond motifs is 1. The Morgan fingerprint density at radius 1 is 1.12 bits per heavy atom. The maximum absolute atomic E-state index is 12.5. The highest BCUT2D eigenvalue weighted by atomic mass is 32.2. The zero-order chi connectivity index (χ0) is 23.9. The lowest BCUT2D eigenvalue weighted by molar-refractivity contribution is -0.119. The Bertz CT molecular complexity index is 1290. The van der Waals surface area contributed by atoms with Crippen molar-refractivity contribution in [2.24, 2.45) is 0 Å². The molecular weight excluding hydrogens is 444 g/mol. The number of ether oxygens (including phenoxy) is 1. The Hall–Kier alpha value is -3.58. The second-order valence-corrected chi connectivity index (χ2v) is 8.93. The summed E-state index contributed by atoms with van der Waals surface area (Å²) in [5.74, 6) is 1.69. The van der Waals surface area contributed by atoms with E-state index in [1.807, 2.05) is 60.0 Å². The van der Waals surface area contributed by atoms with Crippen molar-refractivity contribution in [1.82, 2.24) is 20.1 Å². The lowest BCUT2D eigenvalue weighted by Gasteiger charge is -2.14. The monoisotopic (exact) mass is 472 g/mol. The predicted molar refractivity (Wildman–Crippen MR) is 137 cm³/mol. The number of carbonyl (C=O) groups excluding carboxylic acids is 1. The molecule has 3 aromatic carbocycles. The second-order valence-electron chi connectivity index (χ2n) is 7.99. The number of aromatic nitrogens is 3. The van der Waals surface area contributed by atoms with E-state index in [0.717, 1.165) is 16.9 Å². The number of hydrogen-bond acceptors (Lipinski definition) is 5. The van der Waals surface area contributed by atoms with E-state index in [9.17, 15) is 4.79 Å². The van der Waals surface area contributed by atoms with E-state index < -0.39 is 0 Å². The van der Waals surface area contributed by atoms with E-state index in [4.69, 9.17) is 4.74 Å². The molecule has 0 aliphatic carbocycles. The largest absolute Gasteiger partial charge is 0.485 e. The topological polar surface area (TPSA) is 69.0 Å². The highest BCUT2D eigenvalue weighted by Gasteiger charge is 2.16. The molecule has 0 fully saturated rings. The molecule has 0 aliphatic heterocycles. The molecule has 0 spiro atoms. The molecule has 6 nitrogen and oxygen atoms in total. The Morgan fingerprint density at radius 2 is 1.88 bits per heavy atom. The smallest absolute Gasteiger partial charge is 0.230 e. The standard InChI is InChI=1S/C27H28N4O2S/c1-4-16-31-25(17-33-24-15-14-22-12-8-9-13-23(22)19(24)2)29-30-27(31)34-18-26(32)28-20(3)21-10-6-5-7-11-21/h4-15,20H,1,16-18H2,2-3H3,(H,28,32)/t20-/m1/s1. The molecule has 0 saturated carbocycles. The highest BCUT2D eigenvalue weighted by molar-refractivity contribution is 7.99. The first-order chi connectivity index (χ1) is 16.6. The van der Waals surface area contributed by atoms with E-state index in [0.29, 0.717) is 17.5 Å². The summed E-state index contributed by atoms with van der Waals surface area (Å²) in [6.07, 6.45) is 1.79. The van der Waals surface area contributed by atoms with Crippen LogP contribution < -0.4 is 10.1 Å². The minimum absolute atomic E-state index is 0.0564. The lowest BCUT2D eigenvalue weighted by Crippen LogP contribution is -2.28. The third-order valence-corrected chi connectivity index (χ3v) is 6.59. The number of thioether (sulfide) groups is 1. The summed E-state index contributed by atoms with van der Waals surface area (Å²) >= 11 is 1.35. The lowest BCUT2D eigenvalue weighted by atomic mass is 10.0. The normalized spacial score (nSPS) is 11.8. The van der Waals surface area contributed by atoms with Gasteiger partial charge in [-0.25, -0.2) is 0 Å². The zero-order valence-electron chi connectivity index (χ0n) is 19.4. The van der Waals surface area contributed by atoms with Crippen LogP contribution >= 0.6 is 11.8 Å². The highest BCUT2D eigenvalue weighted by Crippen LogP contribution is 2.28. The number of rotatable bonds is 10. The van der Waals surface area contributed by atoms with Crippen LogP contribution in [0.5, 0.6) is 5.75 Å². The van der Waals surface area contributed by atoms with Gasteiger partial charge in [0.25, 0.3) is 0 Å². The van der Waals surface area contributed by atoms with Crippen LogP contribution in [0.25, 0.3) is 10.8 Å². The summed E-state index contributed by atoms with van der Waals surface area (Å²) in [5.41, 5.74) is 2.16. The first-order valence-corrected chi connectivity index (χ1v) is 12.2. The van der Waals surface area contributed by atoms with Gasteiger partial charge >= 0.3 is 0 Å². The van der Waals surface area contributed by atoms with Crippen molar-refractivity contribution in [3.8, 4) is 5.75 Å². The maximum Gasteiger partial charge on any atom is 0.230 e. The Kier molecular flexibility index (Phi) is 7.65. The summed E-state index contributed by atoms with van der Waals surface area (Å²) in [4.78, 5) is 12.5. The molecule has 34 heavy (non-hydrogen) atoms. The molecule has 0 bridgehead atoms. The van der Waals surface area contributed by atoms with Crippen molar-refractivity contribution in [1.29, 1.82) is 0 Å². The Labute approximate surface area is 204 Å². The van der Waals surface area contributed by atoms with Gasteiger partial charge in [-0.2, -0.15) is 0 Å². The molecule has 1 heterocycles. The average Bonchev–Trinajstić information content (AvgIpc) is 3.24. The van der Waals surface area contributed by atoms with Gasteiger partial charge in [-0.15, -0.1) is 16.8 Å². The fourth-order valence-electron chi connectivity index (χ4n) is 3.79. The van der Waals surface area contributed by atoms with Crippen molar-refractivity contribution >= 4 is 28.4 Å². The van der Waals surface area contributed by atoms with Crippen molar-refractivity contribution in [2.75, 3.05) is 5.75 Å². The van der Waals surface area contributed by atoms with Crippen LogP contribution in [-0.4, -0.2) is 26.4 Å². The summed E-state index contributed by atoms with van der Waals surface area (Å²) < 4.78 is 8.04. The first-order valence-electron chi connectivity index (χ1n) is 11.2. The summed E-state index contributed by atoms with van der Waals surface area (Å²) in [6, 6.07) is 22.1. The zero-order valence-corrected chi connectivity index (χ0v) is 20.2. The molecule has 0 radical (unpaired) electrons. The minimum atomic E-state index is -0.0606. The number of allylic oxidation sites excluding steroid dienone is 1. The van der Waals surface area contributed by atoms with Crippen molar-refractivity contribution in [3.05, 3.63) is 96.3 Å². The second kappa shape index (κ2) is 11.0. The van der Waals surface area contributed by atoms with Crippen LogP contribution in [0, 0.1) is 6.92 Å². The van der Waals surface area contributed by atoms with Crippen molar-refractivity contribution < 1.29 is 9.53 Å². The van der Waals surface area contributed by atoms with Gasteiger partial charge in [0.1, 0.15) is 12.4 Å². The van der Waals surface area contributed by atoms with Crippen LogP contribution in [0.3, 0.4) is 0 Å². The molecule has 174 valence electrons. The van der Waals surface area contributed by atoms with Gasteiger partial charge < -0.3 is 10.1 Å². The molecular formula is C27H28N4O2S.